The third-order valence-electron chi connectivity index (χ3n) is 3.88. The fourth-order valence-corrected chi connectivity index (χ4v) is 3.49. The average molecular weight is 387 g/mol. The number of hydrogen-bond donors (Lipinski definition) is 1. The smallest absolute Gasteiger partial charge is 0.234 e. The van der Waals surface area contributed by atoms with Gasteiger partial charge >= 0.3 is 0 Å². The van der Waals surface area contributed by atoms with E-state index in [0.717, 1.165) is 34.3 Å². The van der Waals surface area contributed by atoms with Crippen LogP contribution in [-0.4, -0.2) is 26.4 Å². The summed E-state index contributed by atoms with van der Waals surface area (Å²) in [6.07, 6.45) is 0. The molecule has 0 saturated carbocycles. The third-order valence-corrected chi connectivity index (χ3v) is 5.10. The van der Waals surface area contributed by atoms with Gasteiger partial charge in [0, 0.05) is 22.8 Å². The van der Waals surface area contributed by atoms with E-state index in [-0.39, 0.29) is 11.7 Å². The summed E-state index contributed by atoms with van der Waals surface area (Å²) < 4.78 is 2.03. The molecule has 0 aliphatic heterocycles. The monoisotopic (exact) mass is 386 g/mol. The summed E-state index contributed by atoms with van der Waals surface area (Å²) in [6, 6.07) is 15.1. The van der Waals surface area contributed by atoms with Crippen molar-refractivity contribution in [2.75, 3.05) is 11.1 Å². The Hall–Kier alpha value is -2.31. The number of carbonyl (C=O) groups excluding carboxylic acids is 1. The summed E-state index contributed by atoms with van der Waals surface area (Å²) in [5, 5.41) is 12.8. The predicted molar refractivity (Wildman–Crippen MR) is 107 cm³/mol. The molecule has 2 aromatic carbocycles. The summed E-state index contributed by atoms with van der Waals surface area (Å²) in [5.41, 5.74) is 2.92. The fourth-order valence-electron chi connectivity index (χ4n) is 2.56. The Morgan fingerprint density at radius 2 is 1.88 bits per heavy atom. The maximum absolute atomic E-state index is 12.2. The van der Waals surface area contributed by atoms with Crippen molar-refractivity contribution in [2.45, 2.75) is 25.5 Å². The number of nitrogens with one attached hydrogen (secondary N) is 1. The second-order valence-electron chi connectivity index (χ2n) is 5.71. The van der Waals surface area contributed by atoms with E-state index in [2.05, 4.69) is 28.5 Å². The minimum atomic E-state index is -0.0968. The van der Waals surface area contributed by atoms with Crippen molar-refractivity contribution < 1.29 is 4.79 Å². The molecule has 1 heterocycles. The van der Waals surface area contributed by atoms with Crippen LogP contribution in [0.2, 0.25) is 5.02 Å². The lowest BCUT2D eigenvalue weighted by Gasteiger charge is -2.09. The van der Waals surface area contributed by atoms with Gasteiger partial charge in [-0.2, -0.15) is 0 Å². The highest BCUT2D eigenvalue weighted by atomic mass is 35.5. The number of aryl methyl sites for hydroxylation is 1. The molecule has 0 fully saturated rings. The van der Waals surface area contributed by atoms with E-state index in [1.54, 1.807) is 24.3 Å². The lowest BCUT2D eigenvalue weighted by Crippen LogP contribution is -2.14. The molecule has 26 heavy (non-hydrogen) atoms. The summed E-state index contributed by atoms with van der Waals surface area (Å²) in [5.74, 6) is 0.987. The van der Waals surface area contributed by atoms with Crippen LogP contribution >= 0.6 is 23.4 Å². The van der Waals surface area contributed by atoms with Crippen molar-refractivity contribution in [1.82, 2.24) is 14.8 Å². The molecule has 5 nitrogen and oxygen atoms in total. The van der Waals surface area contributed by atoms with Gasteiger partial charge in [0.1, 0.15) is 0 Å². The van der Waals surface area contributed by atoms with Gasteiger partial charge in [0.05, 0.1) is 5.75 Å². The van der Waals surface area contributed by atoms with E-state index in [1.165, 1.54) is 11.8 Å². The Balaban J connectivity index is 1.69. The molecule has 3 rings (SSSR count). The Morgan fingerprint density at radius 3 is 2.58 bits per heavy atom. The Morgan fingerprint density at radius 1 is 1.15 bits per heavy atom. The highest BCUT2D eigenvalue weighted by molar-refractivity contribution is 7.99. The number of nitrogens with zero attached hydrogens (tertiary/aromatic N) is 3. The van der Waals surface area contributed by atoms with Crippen molar-refractivity contribution in [2.24, 2.45) is 0 Å². The molecular weight excluding hydrogens is 368 g/mol. The molecule has 0 saturated heterocycles. The van der Waals surface area contributed by atoms with Crippen molar-refractivity contribution in [3.8, 4) is 11.4 Å². The van der Waals surface area contributed by atoms with Crippen LogP contribution in [-0.2, 0) is 11.3 Å². The normalized spacial score (nSPS) is 10.7. The van der Waals surface area contributed by atoms with Crippen LogP contribution in [0.25, 0.3) is 11.4 Å². The Bertz CT molecular complexity index is 908. The van der Waals surface area contributed by atoms with Gasteiger partial charge in [0.2, 0.25) is 5.91 Å². The molecule has 7 heteroatoms. The molecule has 1 amide bonds. The quantitative estimate of drug-likeness (QED) is 0.626. The van der Waals surface area contributed by atoms with Gasteiger partial charge in [0.25, 0.3) is 0 Å². The topological polar surface area (TPSA) is 59.8 Å². The number of benzene rings is 2. The summed E-state index contributed by atoms with van der Waals surface area (Å²) >= 11 is 7.23. The van der Waals surface area contributed by atoms with Crippen LogP contribution in [0.3, 0.4) is 0 Å². The van der Waals surface area contributed by atoms with E-state index < -0.39 is 0 Å². The number of carbonyl (C=O) groups is 1. The standard InChI is InChI=1S/C19H19ClN4OS/c1-3-24-18(16-7-5-4-6-13(16)2)22-23-19(24)26-12-17(25)21-15-10-8-14(20)9-11-15/h4-11H,3,12H2,1-2H3,(H,21,25). The molecule has 1 N–H and O–H groups in total. The molecule has 1 aromatic heterocycles. The van der Waals surface area contributed by atoms with Crippen LogP contribution in [0.5, 0.6) is 0 Å². The molecule has 0 aliphatic carbocycles. The maximum Gasteiger partial charge on any atom is 0.234 e. The molecule has 0 unspecified atom stereocenters. The first-order valence-corrected chi connectivity index (χ1v) is 9.62. The van der Waals surface area contributed by atoms with Gasteiger partial charge in [-0.1, -0.05) is 47.6 Å². The van der Waals surface area contributed by atoms with Gasteiger partial charge in [-0.3, -0.25) is 4.79 Å². The minimum absolute atomic E-state index is 0.0968. The van der Waals surface area contributed by atoms with Crippen LogP contribution in [0.15, 0.2) is 53.7 Å². The number of rotatable bonds is 6. The van der Waals surface area contributed by atoms with Crippen LogP contribution < -0.4 is 5.32 Å². The van der Waals surface area contributed by atoms with Crippen molar-refractivity contribution in [3.05, 3.63) is 59.1 Å². The SMILES string of the molecule is CCn1c(SCC(=O)Nc2ccc(Cl)cc2)nnc1-c1ccccc1C. The second kappa shape index (κ2) is 8.38. The highest BCUT2D eigenvalue weighted by Crippen LogP contribution is 2.26. The van der Waals surface area contributed by atoms with Gasteiger partial charge in [0.15, 0.2) is 11.0 Å². The van der Waals surface area contributed by atoms with Crippen molar-refractivity contribution in [3.63, 3.8) is 0 Å². The Labute approximate surface area is 161 Å². The molecule has 0 spiro atoms. The number of halogens is 1. The van der Waals surface area contributed by atoms with Gasteiger partial charge < -0.3 is 9.88 Å². The van der Waals surface area contributed by atoms with Gasteiger partial charge in [-0.25, -0.2) is 0 Å². The van der Waals surface area contributed by atoms with E-state index in [4.69, 9.17) is 11.6 Å². The Kier molecular flexibility index (Phi) is 5.96. The van der Waals surface area contributed by atoms with Crippen molar-refractivity contribution in [1.29, 1.82) is 0 Å². The third kappa shape index (κ3) is 4.26. The zero-order valence-corrected chi connectivity index (χ0v) is 16.1. The fraction of sp³-hybridized carbons (Fsp3) is 0.211. The number of hydrogen-bond acceptors (Lipinski definition) is 4. The average Bonchev–Trinajstić information content (AvgIpc) is 3.05. The summed E-state index contributed by atoms with van der Waals surface area (Å²) in [7, 11) is 0. The van der Waals surface area contributed by atoms with Gasteiger partial charge in [-0.05, 0) is 43.7 Å². The van der Waals surface area contributed by atoms with E-state index >= 15 is 0 Å². The largest absolute Gasteiger partial charge is 0.325 e. The molecule has 0 radical (unpaired) electrons. The molecule has 134 valence electrons. The molecule has 0 bridgehead atoms. The first kappa shape index (κ1) is 18.5. The first-order chi connectivity index (χ1) is 12.6. The number of anilines is 1. The lowest BCUT2D eigenvalue weighted by molar-refractivity contribution is -0.113. The zero-order valence-electron chi connectivity index (χ0n) is 14.6. The summed E-state index contributed by atoms with van der Waals surface area (Å²) in [4.78, 5) is 12.2. The van der Waals surface area contributed by atoms with E-state index in [9.17, 15) is 4.79 Å². The lowest BCUT2D eigenvalue weighted by atomic mass is 10.1. The number of aromatic nitrogens is 3. The van der Waals surface area contributed by atoms with E-state index in [0.29, 0.717) is 5.02 Å². The van der Waals surface area contributed by atoms with E-state index in [1.807, 2.05) is 29.7 Å². The molecule has 0 aliphatic rings. The summed E-state index contributed by atoms with van der Waals surface area (Å²) in [6.45, 7) is 4.83. The molecule has 3 aromatic rings. The predicted octanol–water partition coefficient (Wildman–Crippen LogP) is 4.66. The zero-order chi connectivity index (χ0) is 18.5. The minimum Gasteiger partial charge on any atom is -0.325 e. The number of amides is 1. The highest BCUT2D eigenvalue weighted by Gasteiger charge is 2.15. The number of thioether (sulfide) groups is 1. The van der Waals surface area contributed by atoms with Crippen LogP contribution in [0, 0.1) is 6.92 Å². The van der Waals surface area contributed by atoms with Crippen LogP contribution in [0.4, 0.5) is 5.69 Å². The second-order valence-corrected chi connectivity index (χ2v) is 7.09. The van der Waals surface area contributed by atoms with Crippen LogP contribution in [0.1, 0.15) is 12.5 Å². The first-order valence-electron chi connectivity index (χ1n) is 8.26. The van der Waals surface area contributed by atoms with Crippen molar-refractivity contribution >= 4 is 35.0 Å². The maximum atomic E-state index is 12.2. The van der Waals surface area contributed by atoms with Gasteiger partial charge in [-0.15, -0.1) is 10.2 Å². The molecule has 0 atom stereocenters. The molecular formula is C19H19ClN4OS.